The van der Waals surface area contributed by atoms with E-state index in [0.717, 1.165) is 45.3 Å². The SMILES string of the molecule is CCC1c2ccsc2CCN1C(=O)c1cn(C2CCNCC2)nn1. The Morgan fingerprint density at radius 3 is 3.04 bits per heavy atom. The second-order valence-electron chi connectivity index (χ2n) is 6.54. The number of fused-ring (bicyclic) bond motifs is 1. The molecule has 1 unspecified atom stereocenters. The summed E-state index contributed by atoms with van der Waals surface area (Å²) in [4.78, 5) is 16.4. The molecule has 0 spiro atoms. The molecular formula is C17H23N5OS. The van der Waals surface area contributed by atoms with Crippen LogP contribution in [0.1, 0.15) is 59.2 Å². The van der Waals surface area contributed by atoms with Crippen molar-refractivity contribution in [3.8, 4) is 0 Å². The Bertz CT molecular complexity index is 718. The van der Waals surface area contributed by atoms with Gasteiger partial charge in [-0.2, -0.15) is 0 Å². The fourth-order valence-corrected chi connectivity index (χ4v) is 4.78. The minimum atomic E-state index is 0.0129. The third kappa shape index (κ3) is 2.75. The van der Waals surface area contributed by atoms with Gasteiger partial charge in [0.2, 0.25) is 0 Å². The molecule has 2 aromatic rings. The number of nitrogens with zero attached hydrogens (tertiary/aromatic N) is 4. The Morgan fingerprint density at radius 1 is 1.42 bits per heavy atom. The number of aromatic nitrogens is 3. The summed E-state index contributed by atoms with van der Waals surface area (Å²) in [7, 11) is 0. The highest BCUT2D eigenvalue weighted by Crippen LogP contribution is 2.35. The number of nitrogens with one attached hydrogen (secondary N) is 1. The lowest BCUT2D eigenvalue weighted by Gasteiger charge is -2.34. The van der Waals surface area contributed by atoms with Gasteiger partial charge in [-0.3, -0.25) is 4.79 Å². The number of hydrogen-bond donors (Lipinski definition) is 1. The summed E-state index contributed by atoms with van der Waals surface area (Å²) in [5.74, 6) is 0.0129. The molecule has 128 valence electrons. The van der Waals surface area contributed by atoms with E-state index in [-0.39, 0.29) is 11.9 Å². The van der Waals surface area contributed by atoms with Crippen molar-refractivity contribution in [2.24, 2.45) is 0 Å². The quantitative estimate of drug-likeness (QED) is 0.928. The summed E-state index contributed by atoms with van der Waals surface area (Å²) in [5, 5.41) is 13.9. The highest BCUT2D eigenvalue weighted by molar-refractivity contribution is 7.10. The van der Waals surface area contributed by atoms with Crippen molar-refractivity contribution in [1.82, 2.24) is 25.2 Å². The summed E-state index contributed by atoms with van der Waals surface area (Å²) in [6, 6.07) is 2.68. The molecule has 2 aromatic heterocycles. The van der Waals surface area contributed by atoms with Crippen molar-refractivity contribution in [2.45, 2.75) is 44.7 Å². The molecule has 4 rings (SSSR count). The predicted octanol–water partition coefficient (Wildman–Crippen LogP) is 2.41. The third-order valence-electron chi connectivity index (χ3n) is 5.15. The normalized spacial score (nSPS) is 21.7. The van der Waals surface area contributed by atoms with Gasteiger partial charge in [0.25, 0.3) is 5.91 Å². The van der Waals surface area contributed by atoms with Crippen LogP contribution in [0.15, 0.2) is 17.6 Å². The van der Waals surface area contributed by atoms with Gasteiger partial charge < -0.3 is 10.2 Å². The lowest BCUT2D eigenvalue weighted by Crippen LogP contribution is -2.39. The molecule has 2 aliphatic heterocycles. The Kier molecular flexibility index (Phi) is 4.37. The molecule has 0 aliphatic carbocycles. The largest absolute Gasteiger partial charge is 0.330 e. The number of hydrogen-bond acceptors (Lipinski definition) is 5. The number of rotatable bonds is 3. The van der Waals surface area contributed by atoms with E-state index in [1.165, 1.54) is 10.4 Å². The number of thiophene rings is 1. The molecule has 0 bridgehead atoms. The van der Waals surface area contributed by atoms with Gasteiger partial charge in [-0.15, -0.1) is 16.4 Å². The average molecular weight is 345 g/mol. The Balaban J connectivity index is 1.54. The van der Waals surface area contributed by atoms with Crippen LogP contribution in [-0.2, 0) is 6.42 Å². The first-order valence-corrected chi connectivity index (χ1v) is 9.65. The fraction of sp³-hybridized carbons (Fsp3) is 0.588. The zero-order valence-electron chi connectivity index (χ0n) is 13.9. The van der Waals surface area contributed by atoms with E-state index in [1.54, 1.807) is 11.3 Å². The molecule has 1 N–H and O–H groups in total. The van der Waals surface area contributed by atoms with Crippen molar-refractivity contribution >= 4 is 17.2 Å². The molecule has 1 fully saturated rings. The Hall–Kier alpha value is -1.73. The van der Waals surface area contributed by atoms with E-state index in [1.807, 2.05) is 15.8 Å². The molecule has 2 aliphatic rings. The van der Waals surface area contributed by atoms with Crippen molar-refractivity contribution < 1.29 is 4.79 Å². The first-order chi connectivity index (χ1) is 11.8. The van der Waals surface area contributed by atoms with Crippen LogP contribution in [0.4, 0.5) is 0 Å². The number of amides is 1. The van der Waals surface area contributed by atoms with E-state index in [4.69, 9.17) is 0 Å². The molecule has 1 amide bonds. The van der Waals surface area contributed by atoms with Gasteiger partial charge >= 0.3 is 0 Å². The molecule has 0 saturated carbocycles. The van der Waals surface area contributed by atoms with Gasteiger partial charge in [-0.25, -0.2) is 4.68 Å². The maximum atomic E-state index is 13.0. The minimum absolute atomic E-state index is 0.0129. The third-order valence-corrected chi connectivity index (χ3v) is 6.15. The smallest absolute Gasteiger partial charge is 0.276 e. The molecule has 0 radical (unpaired) electrons. The first-order valence-electron chi connectivity index (χ1n) is 8.77. The zero-order chi connectivity index (χ0) is 16.5. The maximum absolute atomic E-state index is 13.0. The molecule has 6 nitrogen and oxygen atoms in total. The Morgan fingerprint density at radius 2 is 2.25 bits per heavy atom. The lowest BCUT2D eigenvalue weighted by molar-refractivity contribution is 0.0651. The van der Waals surface area contributed by atoms with Gasteiger partial charge in [0.1, 0.15) is 0 Å². The predicted molar refractivity (Wildman–Crippen MR) is 93.3 cm³/mol. The summed E-state index contributed by atoms with van der Waals surface area (Å²) in [6.45, 7) is 4.91. The van der Waals surface area contributed by atoms with Crippen LogP contribution in [0, 0.1) is 0 Å². The van der Waals surface area contributed by atoms with Gasteiger partial charge in [0.15, 0.2) is 5.69 Å². The van der Waals surface area contributed by atoms with E-state index >= 15 is 0 Å². The fourth-order valence-electron chi connectivity index (χ4n) is 3.85. The van der Waals surface area contributed by atoms with Gasteiger partial charge in [0.05, 0.1) is 18.3 Å². The first kappa shape index (κ1) is 15.8. The average Bonchev–Trinajstić information content (AvgIpc) is 3.30. The number of carbonyl (C=O) groups excluding carboxylic acids is 1. The second-order valence-corrected chi connectivity index (χ2v) is 7.54. The van der Waals surface area contributed by atoms with E-state index in [2.05, 4.69) is 34.0 Å². The monoisotopic (exact) mass is 345 g/mol. The van der Waals surface area contributed by atoms with Crippen molar-refractivity contribution in [3.63, 3.8) is 0 Å². The highest BCUT2D eigenvalue weighted by atomic mass is 32.1. The van der Waals surface area contributed by atoms with Crippen LogP contribution in [0.3, 0.4) is 0 Å². The summed E-state index contributed by atoms with van der Waals surface area (Å²) >= 11 is 1.80. The summed E-state index contributed by atoms with van der Waals surface area (Å²) in [6.07, 6.45) is 5.79. The van der Waals surface area contributed by atoms with Crippen molar-refractivity contribution in [3.05, 3.63) is 33.8 Å². The van der Waals surface area contributed by atoms with Gasteiger partial charge in [-0.1, -0.05) is 12.1 Å². The standard InChI is InChI=1S/C17H23N5OS/c1-2-15-13-6-10-24-16(13)5-9-21(15)17(23)14-11-22(20-19-14)12-3-7-18-8-4-12/h6,10-12,15,18H,2-5,7-9H2,1H3. The van der Waals surface area contributed by atoms with Crippen LogP contribution in [0.25, 0.3) is 0 Å². The number of piperidine rings is 1. The van der Waals surface area contributed by atoms with Crippen LogP contribution in [0.2, 0.25) is 0 Å². The topological polar surface area (TPSA) is 63.1 Å². The molecule has 4 heterocycles. The van der Waals surface area contributed by atoms with Crippen molar-refractivity contribution in [1.29, 1.82) is 0 Å². The van der Waals surface area contributed by atoms with Gasteiger partial charge in [-0.05, 0) is 55.8 Å². The second kappa shape index (κ2) is 6.64. The van der Waals surface area contributed by atoms with Crippen LogP contribution < -0.4 is 5.32 Å². The summed E-state index contributed by atoms with van der Waals surface area (Å²) < 4.78 is 1.88. The lowest BCUT2D eigenvalue weighted by atomic mass is 9.97. The van der Waals surface area contributed by atoms with Crippen molar-refractivity contribution in [2.75, 3.05) is 19.6 Å². The minimum Gasteiger partial charge on any atom is -0.330 e. The van der Waals surface area contributed by atoms with Gasteiger partial charge in [0, 0.05) is 11.4 Å². The van der Waals surface area contributed by atoms with E-state index < -0.39 is 0 Å². The summed E-state index contributed by atoms with van der Waals surface area (Å²) in [5.41, 5.74) is 1.79. The van der Waals surface area contributed by atoms with E-state index in [9.17, 15) is 4.79 Å². The molecular weight excluding hydrogens is 322 g/mol. The molecule has 7 heteroatoms. The van der Waals surface area contributed by atoms with Crippen LogP contribution in [-0.4, -0.2) is 45.4 Å². The molecule has 24 heavy (non-hydrogen) atoms. The van der Waals surface area contributed by atoms with E-state index in [0.29, 0.717) is 11.7 Å². The Labute approximate surface area is 145 Å². The number of carbonyl (C=O) groups is 1. The molecule has 1 atom stereocenters. The maximum Gasteiger partial charge on any atom is 0.276 e. The highest BCUT2D eigenvalue weighted by Gasteiger charge is 2.32. The van der Waals surface area contributed by atoms with Crippen LogP contribution in [0.5, 0.6) is 0 Å². The zero-order valence-corrected chi connectivity index (χ0v) is 14.8. The molecule has 0 aromatic carbocycles. The van der Waals surface area contributed by atoms with Crippen LogP contribution >= 0.6 is 11.3 Å². The molecule has 1 saturated heterocycles.